The van der Waals surface area contributed by atoms with Gasteiger partial charge in [0.15, 0.2) is 0 Å². The van der Waals surface area contributed by atoms with E-state index in [-0.39, 0.29) is 11.3 Å². The molecule has 3 aliphatic rings. The van der Waals surface area contributed by atoms with Crippen molar-refractivity contribution < 1.29 is 9.53 Å². The highest BCUT2D eigenvalue weighted by atomic mass is 16.5. The number of nitrogens with zero attached hydrogens (tertiary/aromatic N) is 1. The average molecular weight is 509 g/mol. The van der Waals surface area contributed by atoms with Gasteiger partial charge >= 0.3 is 0 Å². The second-order valence-corrected chi connectivity index (χ2v) is 12.0. The van der Waals surface area contributed by atoms with Gasteiger partial charge in [-0.2, -0.15) is 0 Å². The Kier molecular flexibility index (Phi) is 6.77. The summed E-state index contributed by atoms with van der Waals surface area (Å²) in [4.78, 5) is 15.9. The quantitative estimate of drug-likeness (QED) is 0.390. The van der Waals surface area contributed by atoms with Crippen molar-refractivity contribution in [2.45, 2.75) is 57.4 Å². The first-order chi connectivity index (χ1) is 18.4. The number of nitrogens with one attached hydrogen (secondary N) is 1. The highest BCUT2D eigenvalue weighted by molar-refractivity contribution is 5.94. The second-order valence-electron chi connectivity index (χ2n) is 12.0. The van der Waals surface area contributed by atoms with Gasteiger partial charge in [0.05, 0.1) is 7.11 Å². The number of fused-ring (bicyclic) bond motifs is 4. The number of likely N-dealkylation sites (tertiary alicyclic amines) is 1. The van der Waals surface area contributed by atoms with E-state index >= 15 is 0 Å². The van der Waals surface area contributed by atoms with Crippen molar-refractivity contribution in [2.75, 3.05) is 26.7 Å². The molecule has 3 atom stereocenters. The van der Waals surface area contributed by atoms with Crippen LogP contribution in [0, 0.1) is 11.8 Å². The van der Waals surface area contributed by atoms with E-state index in [1.807, 2.05) is 18.2 Å². The van der Waals surface area contributed by atoms with Crippen LogP contribution in [0.5, 0.6) is 5.75 Å². The van der Waals surface area contributed by atoms with Crippen molar-refractivity contribution in [2.24, 2.45) is 11.8 Å². The van der Waals surface area contributed by atoms with E-state index in [1.165, 1.54) is 60.2 Å². The molecule has 3 aromatic carbocycles. The largest absolute Gasteiger partial charge is 0.497 e. The Bertz CT molecular complexity index is 1300. The van der Waals surface area contributed by atoms with Crippen molar-refractivity contribution in [3.8, 4) is 16.9 Å². The minimum atomic E-state index is 0.0344. The smallest absolute Gasteiger partial charge is 0.251 e. The van der Waals surface area contributed by atoms with E-state index in [2.05, 4.69) is 72.6 Å². The monoisotopic (exact) mass is 508 g/mol. The summed E-state index contributed by atoms with van der Waals surface area (Å²) in [5.41, 5.74) is 7.38. The van der Waals surface area contributed by atoms with Gasteiger partial charge in [0.1, 0.15) is 5.75 Å². The molecular weight excluding hydrogens is 468 g/mol. The molecule has 38 heavy (non-hydrogen) atoms. The molecule has 1 saturated heterocycles. The lowest BCUT2D eigenvalue weighted by Crippen LogP contribution is -2.58. The molecule has 2 fully saturated rings. The first kappa shape index (κ1) is 25.2. The molecule has 1 N–H and O–H groups in total. The summed E-state index contributed by atoms with van der Waals surface area (Å²) in [6.07, 6.45) is 5.94. The zero-order chi connectivity index (χ0) is 26.3. The molecule has 2 bridgehead atoms. The Hall–Kier alpha value is -3.11. The van der Waals surface area contributed by atoms with E-state index in [0.29, 0.717) is 18.5 Å². The summed E-state index contributed by atoms with van der Waals surface area (Å²) >= 11 is 0. The first-order valence-electron chi connectivity index (χ1n) is 14.3. The van der Waals surface area contributed by atoms with Gasteiger partial charge in [-0.1, -0.05) is 56.3 Å². The first-order valence-corrected chi connectivity index (χ1v) is 14.3. The number of carbonyl (C=O) groups is 1. The van der Waals surface area contributed by atoms with E-state index in [4.69, 9.17) is 4.74 Å². The Morgan fingerprint density at radius 2 is 1.74 bits per heavy atom. The number of rotatable bonds is 8. The van der Waals surface area contributed by atoms with Gasteiger partial charge < -0.3 is 10.1 Å². The maximum Gasteiger partial charge on any atom is 0.251 e. The second kappa shape index (κ2) is 10.2. The zero-order valence-electron chi connectivity index (χ0n) is 23.0. The maximum atomic E-state index is 13.1. The molecule has 4 nitrogen and oxygen atoms in total. The van der Waals surface area contributed by atoms with Crippen molar-refractivity contribution in [3.05, 3.63) is 89.0 Å². The van der Waals surface area contributed by atoms with Crippen LogP contribution in [0.1, 0.15) is 60.2 Å². The SMILES string of the molecule is COc1ccc(-c2ccc(CCNC(=O)c3ccc4c(c3)C3(C)CCN(CC5CC5)C(C4)C3C)cc2)cc1. The molecule has 198 valence electrons. The van der Waals surface area contributed by atoms with Crippen LogP contribution in [0.3, 0.4) is 0 Å². The number of hydrogen-bond acceptors (Lipinski definition) is 3. The molecule has 0 aromatic heterocycles. The molecule has 1 saturated carbocycles. The molecular formula is C34H40N2O2. The van der Waals surface area contributed by atoms with Crippen LogP contribution in [0.2, 0.25) is 0 Å². The van der Waals surface area contributed by atoms with Gasteiger partial charge in [-0.15, -0.1) is 0 Å². The van der Waals surface area contributed by atoms with Crippen LogP contribution < -0.4 is 10.1 Å². The third-order valence-corrected chi connectivity index (χ3v) is 9.65. The zero-order valence-corrected chi connectivity index (χ0v) is 23.0. The minimum Gasteiger partial charge on any atom is -0.497 e. The van der Waals surface area contributed by atoms with Crippen molar-refractivity contribution >= 4 is 5.91 Å². The lowest BCUT2D eigenvalue weighted by Gasteiger charge is -2.55. The Morgan fingerprint density at radius 1 is 1.03 bits per heavy atom. The molecule has 4 heteroatoms. The number of amides is 1. The average Bonchev–Trinajstić information content (AvgIpc) is 3.77. The summed E-state index contributed by atoms with van der Waals surface area (Å²) in [5.74, 6) is 2.45. The Labute approximate surface area is 227 Å². The van der Waals surface area contributed by atoms with Crippen molar-refractivity contribution in [1.82, 2.24) is 10.2 Å². The fourth-order valence-corrected chi connectivity index (χ4v) is 6.78. The number of benzene rings is 3. The lowest BCUT2D eigenvalue weighted by atomic mass is 9.59. The summed E-state index contributed by atoms with van der Waals surface area (Å²) in [6.45, 7) is 7.98. The summed E-state index contributed by atoms with van der Waals surface area (Å²) in [5, 5.41) is 3.17. The molecule has 1 amide bonds. The number of methoxy groups -OCH3 is 1. The number of hydrogen-bond donors (Lipinski definition) is 1. The fraction of sp³-hybridized carbons (Fsp3) is 0.441. The molecule has 2 aliphatic carbocycles. The Morgan fingerprint density at radius 3 is 2.42 bits per heavy atom. The molecule has 1 aliphatic heterocycles. The molecule has 1 heterocycles. The Balaban J connectivity index is 1.08. The molecule has 3 aromatic rings. The third kappa shape index (κ3) is 4.87. The fourth-order valence-electron chi connectivity index (χ4n) is 6.78. The highest BCUT2D eigenvalue weighted by Gasteiger charge is 2.49. The summed E-state index contributed by atoms with van der Waals surface area (Å²) in [7, 11) is 1.68. The van der Waals surface area contributed by atoms with Gasteiger partial charge in [0.2, 0.25) is 0 Å². The van der Waals surface area contributed by atoms with Crippen LogP contribution in [0.25, 0.3) is 11.1 Å². The van der Waals surface area contributed by atoms with E-state index < -0.39 is 0 Å². The number of ether oxygens (including phenoxy) is 1. The van der Waals surface area contributed by atoms with E-state index in [1.54, 1.807) is 7.11 Å². The predicted molar refractivity (Wildman–Crippen MR) is 154 cm³/mol. The molecule has 0 spiro atoms. The van der Waals surface area contributed by atoms with Gasteiger partial charge in [-0.25, -0.2) is 0 Å². The number of piperidine rings is 1. The summed E-state index contributed by atoms with van der Waals surface area (Å²) < 4.78 is 5.26. The predicted octanol–water partition coefficient (Wildman–Crippen LogP) is 6.27. The van der Waals surface area contributed by atoms with Gasteiger partial charge in [0, 0.05) is 24.7 Å². The van der Waals surface area contributed by atoms with Crippen LogP contribution in [-0.4, -0.2) is 43.6 Å². The molecule has 0 radical (unpaired) electrons. The van der Waals surface area contributed by atoms with Crippen LogP contribution in [0.15, 0.2) is 66.7 Å². The van der Waals surface area contributed by atoms with Gasteiger partial charge in [-0.3, -0.25) is 9.69 Å². The van der Waals surface area contributed by atoms with E-state index in [0.717, 1.165) is 30.1 Å². The normalized spacial score (nSPS) is 24.5. The maximum absolute atomic E-state index is 13.1. The van der Waals surface area contributed by atoms with Crippen LogP contribution >= 0.6 is 0 Å². The highest BCUT2D eigenvalue weighted by Crippen LogP contribution is 2.49. The third-order valence-electron chi connectivity index (χ3n) is 9.65. The number of carbonyl (C=O) groups excluding carboxylic acids is 1. The van der Waals surface area contributed by atoms with Gasteiger partial charge in [0.25, 0.3) is 5.91 Å². The van der Waals surface area contributed by atoms with Crippen molar-refractivity contribution in [1.29, 1.82) is 0 Å². The van der Waals surface area contributed by atoms with Gasteiger partial charge in [-0.05, 0) is 108 Å². The summed E-state index contributed by atoms with van der Waals surface area (Å²) in [6, 6.07) is 23.8. The van der Waals surface area contributed by atoms with Crippen LogP contribution in [0.4, 0.5) is 0 Å². The lowest BCUT2D eigenvalue weighted by molar-refractivity contribution is 0.0284. The van der Waals surface area contributed by atoms with E-state index in [9.17, 15) is 4.79 Å². The minimum absolute atomic E-state index is 0.0344. The van der Waals surface area contributed by atoms with Crippen molar-refractivity contribution in [3.63, 3.8) is 0 Å². The molecule has 6 rings (SSSR count). The molecule has 3 unspecified atom stereocenters. The topological polar surface area (TPSA) is 41.6 Å². The van der Waals surface area contributed by atoms with Crippen LogP contribution in [-0.2, 0) is 18.3 Å². The standard InChI is InChI=1S/C34H40N2O2/c1-23-32-21-28-10-11-29(20-31(28)34(23,2)17-19-36(32)22-25-4-5-25)33(37)35-18-16-24-6-8-26(9-7-24)27-12-14-30(38-3)15-13-27/h6-15,20,23,25,32H,4-5,16-19,21-22H2,1-3H3,(H,35,37).